The van der Waals surface area contributed by atoms with Gasteiger partial charge in [0.2, 0.25) is 6.56 Å². The Morgan fingerprint density at radius 3 is 2.91 bits per heavy atom. The zero-order valence-electron chi connectivity index (χ0n) is 6.47. The molecule has 0 bridgehead atoms. The van der Waals surface area contributed by atoms with Crippen molar-refractivity contribution in [3.63, 3.8) is 0 Å². The van der Waals surface area contributed by atoms with E-state index in [1.807, 2.05) is 12.8 Å². The molecule has 0 saturated heterocycles. The van der Waals surface area contributed by atoms with Crippen LogP contribution in [0.4, 0.5) is 4.39 Å². The molecule has 0 atom stereocenters. The van der Waals surface area contributed by atoms with Gasteiger partial charge in [-0.2, -0.15) is 0 Å². The lowest BCUT2D eigenvalue weighted by Crippen LogP contribution is -2.13. The lowest BCUT2D eigenvalue weighted by atomic mass is 9.96. The molecule has 0 aliphatic rings. The van der Waals surface area contributed by atoms with Crippen molar-refractivity contribution < 1.29 is 4.39 Å². The topological polar surface area (TPSA) is 12.9 Å². The highest BCUT2D eigenvalue weighted by atomic mass is 32.2. The first kappa shape index (κ1) is 8.59. The molecule has 4 heteroatoms. The third-order valence-corrected chi connectivity index (χ3v) is 1.81. The van der Waals surface area contributed by atoms with Gasteiger partial charge in [-0.1, -0.05) is 5.46 Å². The third kappa shape index (κ3) is 2.22. The van der Waals surface area contributed by atoms with E-state index in [4.69, 9.17) is 0 Å². The second-order valence-corrected chi connectivity index (χ2v) is 2.90. The summed E-state index contributed by atoms with van der Waals surface area (Å²) in [5, 5.41) is 0. The van der Waals surface area contributed by atoms with E-state index in [0.717, 1.165) is 5.46 Å². The highest BCUT2D eigenvalue weighted by Gasteiger charge is 2.00. The number of aromatic nitrogens is 1. The molecule has 0 fully saturated rings. The van der Waals surface area contributed by atoms with Crippen molar-refractivity contribution in [2.75, 3.05) is 6.26 Å². The molecule has 11 heavy (non-hydrogen) atoms. The van der Waals surface area contributed by atoms with Crippen LogP contribution in [0.25, 0.3) is 0 Å². The van der Waals surface area contributed by atoms with E-state index in [1.54, 1.807) is 13.1 Å². The van der Waals surface area contributed by atoms with Gasteiger partial charge in [-0.3, -0.25) is 4.98 Å². The van der Waals surface area contributed by atoms with Crippen LogP contribution in [-0.2, 0) is 0 Å². The Balaban J connectivity index is 2.86. The van der Waals surface area contributed by atoms with Crippen LogP contribution in [0.1, 0.15) is 5.69 Å². The van der Waals surface area contributed by atoms with E-state index in [-0.39, 0.29) is 5.82 Å². The molecule has 57 valence electrons. The van der Waals surface area contributed by atoms with Crippen molar-refractivity contribution in [2.45, 2.75) is 6.92 Å². The fraction of sp³-hybridized carbons (Fsp3) is 0.286. The SMILES string of the molecule is CS[B]c1cnc(C)c(F)c1. The van der Waals surface area contributed by atoms with E-state index in [9.17, 15) is 4.39 Å². The predicted molar refractivity (Wildman–Crippen MR) is 47.8 cm³/mol. The van der Waals surface area contributed by atoms with Crippen molar-refractivity contribution in [1.82, 2.24) is 4.98 Å². The van der Waals surface area contributed by atoms with Crippen LogP contribution in [-0.4, -0.2) is 17.8 Å². The van der Waals surface area contributed by atoms with Gasteiger partial charge in [0.1, 0.15) is 5.82 Å². The summed E-state index contributed by atoms with van der Waals surface area (Å²) in [4.78, 5) is 3.88. The lowest BCUT2D eigenvalue weighted by Gasteiger charge is -1.98. The van der Waals surface area contributed by atoms with Gasteiger partial charge in [-0.05, 0) is 19.2 Å². The van der Waals surface area contributed by atoms with Crippen molar-refractivity contribution in [3.8, 4) is 0 Å². The second-order valence-electron chi connectivity index (χ2n) is 2.19. The van der Waals surface area contributed by atoms with Crippen molar-refractivity contribution >= 4 is 23.6 Å². The Morgan fingerprint density at radius 2 is 2.36 bits per heavy atom. The Hall–Kier alpha value is -0.505. The fourth-order valence-corrected chi connectivity index (χ4v) is 1.12. The minimum atomic E-state index is -0.243. The lowest BCUT2D eigenvalue weighted by molar-refractivity contribution is 0.611. The van der Waals surface area contributed by atoms with E-state index in [2.05, 4.69) is 4.98 Å². The number of rotatable bonds is 2. The molecular formula is C7H8BFNS. The molecule has 1 radical (unpaired) electrons. The zero-order chi connectivity index (χ0) is 8.27. The van der Waals surface area contributed by atoms with Gasteiger partial charge >= 0.3 is 0 Å². The van der Waals surface area contributed by atoms with Gasteiger partial charge in [0.05, 0.1) is 5.69 Å². The van der Waals surface area contributed by atoms with Gasteiger partial charge in [-0.25, -0.2) is 16.0 Å². The summed E-state index contributed by atoms with van der Waals surface area (Å²) in [6.07, 6.45) is 3.59. The molecule has 1 heterocycles. The molecule has 0 aliphatic carbocycles. The first-order chi connectivity index (χ1) is 5.24. The van der Waals surface area contributed by atoms with Gasteiger partial charge in [0.15, 0.2) is 0 Å². The normalized spacial score (nSPS) is 9.73. The maximum absolute atomic E-state index is 12.8. The van der Waals surface area contributed by atoms with E-state index in [1.165, 1.54) is 17.7 Å². The average Bonchev–Trinajstić information content (AvgIpc) is 1.98. The maximum atomic E-state index is 12.8. The van der Waals surface area contributed by atoms with Crippen LogP contribution >= 0.6 is 11.6 Å². The molecule has 1 rings (SSSR count). The van der Waals surface area contributed by atoms with Crippen LogP contribution < -0.4 is 5.46 Å². The van der Waals surface area contributed by atoms with Crippen LogP contribution in [0.3, 0.4) is 0 Å². The van der Waals surface area contributed by atoms with Crippen molar-refractivity contribution in [3.05, 3.63) is 23.8 Å². The molecule has 0 amide bonds. The van der Waals surface area contributed by atoms with Crippen molar-refractivity contribution in [2.24, 2.45) is 0 Å². The highest BCUT2D eigenvalue weighted by molar-refractivity contribution is 8.23. The summed E-state index contributed by atoms with van der Waals surface area (Å²) in [6.45, 7) is 3.51. The molecule has 0 unspecified atom stereocenters. The first-order valence-corrected chi connectivity index (χ1v) is 4.51. The van der Waals surface area contributed by atoms with E-state index >= 15 is 0 Å². The number of aryl methyl sites for hydroxylation is 1. The van der Waals surface area contributed by atoms with Crippen LogP contribution in [0.5, 0.6) is 0 Å². The number of hydrogen-bond acceptors (Lipinski definition) is 2. The molecule has 0 N–H and O–H groups in total. The summed E-state index contributed by atoms with van der Waals surface area (Å²) in [5.41, 5.74) is 1.27. The summed E-state index contributed by atoms with van der Waals surface area (Å²) in [7, 11) is 0. The van der Waals surface area contributed by atoms with Crippen molar-refractivity contribution in [1.29, 1.82) is 0 Å². The minimum absolute atomic E-state index is 0.243. The van der Waals surface area contributed by atoms with E-state index < -0.39 is 0 Å². The molecule has 0 spiro atoms. The summed E-state index contributed by atoms with van der Waals surface area (Å²) in [6, 6.07) is 1.48. The average molecular weight is 168 g/mol. The molecule has 0 aromatic carbocycles. The smallest absolute Gasteiger partial charge is 0.231 e. The van der Waals surface area contributed by atoms with Gasteiger partial charge < -0.3 is 0 Å². The van der Waals surface area contributed by atoms with Crippen LogP contribution in [0, 0.1) is 12.7 Å². The predicted octanol–water partition coefficient (Wildman–Crippen LogP) is 1.14. The summed E-state index contributed by atoms with van der Waals surface area (Å²) < 4.78 is 12.8. The Labute approximate surface area is 70.6 Å². The Bertz CT molecular complexity index is 254. The number of pyridine rings is 1. The highest BCUT2D eigenvalue weighted by Crippen LogP contribution is 1.98. The number of hydrogen-bond donors (Lipinski definition) is 0. The van der Waals surface area contributed by atoms with Crippen LogP contribution in [0.2, 0.25) is 0 Å². The number of nitrogens with zero attached hydrogens (tertiary/aromatic N) is 1. The second kappa shape index (κ2) is 3.76. The minimum Gasteiger partial charge on any atom is -0.259 e. The fourth-order valence-electron chi connectivity index (χ4n) is 0.722. The Kier molecular flexibility index (Phi) is 2.94. The van der Waals surface area contributed by atoms with Gasteiger partial charge in [0.25, 0.3) is 0 Å². The quantitative estimate of drug-likeness (QED) is 0.614. The third-order valence-electron chi connectivity index (χ3n) is 1.30. The first-order valence-electron chi connectivity index (χ1n) is 3.22. The molecule has 1 nitrogen and oxygen atoms in total. The van der Waals surface area contributed by atoms with Gasteiger partial charge in [0, 0.05) is 6.20 Å². The molecule has 1 aromatic heterocycles. The monoisotopic (exact) mass is 168 g/mol. The molecule has 1 aromatic rings. The van der Waals surface area contributed by atoms with Crippen LogP contribution in [0.15, 0.2) is 12.3 Å². The zero-order valence-corrected chi connectivity index (χ0v) is 7.28. The largest absolute Gasteiger partial charge is 0.259 e. The molecule has 0 aliphatic heterocycles. The van der Waals surface area contributed by atoms with Gasteiger partial charge in [-0.15, -0.1) is 0 Å². The molecule has 0 saturated carbocycles. The Morgan fingerprint density at radius 1 is 1.64 bits per heavy atom. The summed E-state index contributed by atoms with van der Waals surface area (Å²) in [5.74, 6) is -0.243. The molecular weight excluding hydrogens is 160 g/mol. The maximum Gasteiger partial charge on any atom is 0.231 e. The van der Waals surface area contributed by atoms with E-state index in [0.29, 0.717) is 5.69 Å². The number of halogens is 1. The summed E-state index contributed by atoms with van der Waals surface area (Å²) >= 11 is 1.54. The standard InChI is InChI=1S/C7H8BFNS/c1-5-7(9)3-6(4-10-5)8-11-2/h3-4H,1-2H3.